The molecule has 0 aliphatic carbocycles. The van der Waals surface area contributed by atoms with E-state index in [-0.39, 0.29) is 16.3 Å². The molecule has 0 bridgehead atoms. The summed E-state index contributed by atoms with van der Waals surface area (Å²) in [5.41, 5.74) is 0.209. The topological polar surface area (TPSA) is 128 Å². The van der Waals surface area contributed by atoms with Crippen molar-refractivity contribution < 1.29 is 14.6 Å². The molecule has 0 saturated heterocycles. The molecule has 0 radical (unpaired) electrons. The standard InChI is InChI=1S/C17H11BrN4O5S/c1-9-14(21(24)25)6-11(7-15(9)22(26)27)16(23)20-17-19-13(8-28-17)10-2-4-12(18)5-3-10/h2-8H,1H3,(H,19,20,23). The van der Waals surface area contributed by atoms with Crippen LogP contribution in [0.4, 0.5) is 16.5 Å². The first-order valence-corrected chi connectivity index (χ1v) is 9.40. The van der Waals surface area contributed by atoms with Gasteiger partial charge in [-0.05, 0) is 19.1 Å². The molecule has 1 heterocycles. The van der Waals surface area contributed by atoms with Gasteiger partial charge in [0.2, 0.25) is 0 Å². The van der Waals surface area contributed by atoms with Gasteiger partial charge in [0.1, 0.15) is 5.56 Å². The minimum Gasteiger partial charge on any atom is -0.298 e. The maximum Gasteiger partial charge on any atom is 0.279 e. The molecule has 0 unspecified atom stereocenters. The van der Waals surface area contributed by atoms with Crippen molar-refractivity contribution in [1.82, 2.24) is 4.98 Å². The number of halogens is 1. The summed E-state index contributed by atoms with van der Waals surface area (Å²) in [7, 11) is 0. The first kappa shape index (κ1) is 19.6. The molecule has 1 aromatic heterocycles. The number of nitrogens with zero attached hydrogens (tertiary/aromatic N) is 3. The van der Waals surface area contributed by atoms with E-state index in [4.69, 9.17) is 0 Å². The maximum atomic E-state index is 12.5. The predicted molar refractivity (Wildman–Crippen MR) is 108 cm³/mol. The lowest BCUT2D eigenvalue weighted by atomic mass is 10.1. The lowest BCUT2D eigenvalue weighted by Gasteiger charge is -2.05. The summed E-state index contributed by atoms with van der Waals surface area (Å²) in [5.74, 6) is -0.720. The molecule has 0 aliphatic rings. The zero-order chi connectivity index (χ0) is 20.4. The average molecular weight is 463 g/mol. The van der Waals surface area contributed by atoms with E-state index in [1.807, 2.05) is 24.3 Å². The summed E-state index contributed by atoms with van der Waals surface area (Å²) in [6.45, 7) is 1.27. The number of amides is 1. The van der Waals surface area contributed by atoms with Crippen LogP contribution in [0.5, 0.6) is 0 Å². The van der Waals surface area contributed by atoms with Crippen LogP contribution in [0, 0.1) is 27.2 Å². The average Bonchev–Trinajstić information content (AvgIpc) is 3.10. The molecular formula is C17H11BrN4O5S. The van der Waals surface area contributed by atoms with Crippen molar-refractivity contribution in [3.63, 3.8) is 0 Å². The fourth-order valence-electron chi connectivity index (χ4n) is 2.45. The van der Waals surface area contributed by atoms with Crippen molar-refractivity contribution in [2.24, 2.45) is 0 Å². The molecular weight excluding hydrogens is 452 g/mol. The van der Waals surface area contributed by atoms with Gasteiger partial charge in [-0.1, -0.05) is 28.1 Å². The summed E-state index contributed by atoms with van der Waals surface area (Å²) in [4.78, 5) is 37.6. The molecule has 28 heavy (non-hydrogen) atoms. The van der Waals surface area contributed by atoms with Gasteiger partial charge >= 0.3 is 0 Å². The largest absolute Gasteiger partial charge is 0.298 e. The van der Waals surface area contributed by atoms with E-state index >= 15 is 0 Å². The monoisotopic (exact) mass is 462 g/mol. The number of nitrogens with one attached hydrogen (secondary N) is 1. The normalized spacial score (nSPS) is 10.5. The minimum atomic E-state index is -0.756. The molecule has 0 spiro atoms. The smallest absolute Gasteiger partial charge is 0.279 e. The Morgan fingerprint density at radius 3 is 2.21 bits per heavy atom. The van der Waals surface area contributed by atoms with E-state index < -0.39 is 27.1 Å². The number of carbonyl (C=O) groups is 1. The molecule has 0 saturated carbocycles. The van der Waals surface area contributed by atoms with Crippen molar-refractivity contribution in [3.8, 4) is 11.3 Å². The highest BCUT2D eigenvalue weighted by Crippen LogP contribution is 2.30. The Labute approximate surface area is 170 Å². The van der Waals surface area contributed by atoms with Gasteiger partial charge in [0.05, 0.1) is 21.1 Å². The van der Waals surface area contributed by atoms with Gasteiger partial charge in [0, 0.05) is 27.5 Å². The SMILES string of the molecule is Cc1c([N+](=O)[O-])cc(C(=O)Nc2nc(-c3ccc(Br)cc3)cs2)cc1[N+](=O)[O-]. The van der Waals surface area contributed by atoms with E-state index in [0.29, 0.717) is 5.69 Å². The lowest BCUT2D eigenvalue weighted by molar-refractivity contribution is -0.395. The van der Waals surface area contributed by atoms with Crippen LogP contribution in [-0.4, -0.2) is 20.7 Å². The molecule has 0 atom stereocenters. The number of anilines is 1. The van der Waals surface area contributed by atoms with Crippen molar-refractivity contribution in [2.75, 3.05) is 5.32 Å². The van der Waals surface area contributed by atoms with Crippen LogP contribution < -0.4 is 5.32 Å². The summed E-state index contributed by atoms with van der Waals surface area (Å²) in [6.07, 6.45) is 0. The molecule has 2 aromatic carbocycles. The third kappa shape index (κ3) is 4.05. The Bertz CT molecular complexity index is 1060. The highest BCUT2D eigenvalue weighted by atomic mass is 79.9. The van der Waals surface area contributed by atoms with Crippen LogP contribution in [0.1, 0.15) is 15.9 Å². The number of rotatable bonds is 5. The highest BCUT2D eigenvalue weighted by Gasteiger charge is 2.25. The number of carbonyl (C=O) groups excluding carboxylic acids is 1. The summed E-state index contributed by atoms with van der Waals surface area (Å²) in [5, 5.41) is 26.8. The van der Waals surface area contributed by atoms with Crippen molar-refractivity contribution in [1.29, 1.82) is 0 Å². The van der Waals surface area contributed by atoms with Gasteiger partial charge in [-0.25, -0.2) is 4.98 Å². The van der Waals surface area contributed by atoms with E-state index in [9.17, 15) is 25.0 Å². The van der Waals surface area contributed by atoms with Crippen LogP contribution in [-0.2, 0) is 0 Å². The van der Waals surface area contributed by atoms with Crippen molar-refractivity contribution >= 4 is 49.7 Å². The van der Waals surface area contributed by atoms with Gasteiger partial charge in [-0.15, -0.1) is 11.3 Å². The number of thiazole rings is 1. The van der Waals surface area contributed by atoms with Crippen LogP contribution in [0.25, 0.3) is 11.3 Å². The second kappa shape index (κ2) is 7.82. The minimum absolute atomic E-state index is 0.113. The number of benzene rings is 2. The molecule has 9 nitrogen and oxygen atoms in total. The van der Waals surface area contributed by atoms with Gasteiger partial charge < -0.3 is 0 Å². The Kier molecular flexibility index (Phi) is 5.47. The van der Waals surface area contributed by atoms with Crippen LogP contribution in [0.2, 0.25) is 0 Å². The number of hydrogen-bond acceptors (Lipinski definition) is 7. The molecule has 11 heteroatoms. The van der Waals surface area contributed by atoms with Crippen LogP contribution in [0.15, 0.2) is 46.3 Å². The van der Waals surface area contributed by atoms with Gasteiger partial charge in [-0.3, -0.25) is 30.3 Å². The van der Waals surface area contributed by atoms with E-state index in [0.717, 1.165) is 22.2 Å². The molecule has 1 amide bonds. The van der Waals surface area contributed by atoms with Crippen molar-refractivity contribution in [2.45, 2.75) is 6.92 Å². The van der Waals surface area contributed by atoms with E-state index in [1.165, 1.54) is 18.3 Å². The van der Waals surface area contributed by atoms with Crippen molar-refractivity contribution in [3.05, 3.63) is 77.6 Å². The molecule has 142 valence electrons. The molecule has 0 aliphatic heterocycles. The maximum absolute atomic E-state index is 12.5. The number of aromatic nitrogens is 1. The Morgan fingerprint density at radius 1 is 1.11 bits per heavy atom. The Balaban J connectivity index is 1.88. The quantitative estimate of drug-likeness (QED) is 0.421. The molecule has 3 aromatic rings. The second-order valence-corrected chi connectivity index (χ2v) is 7.43. The Morgan fingerprint density at radius 2 is 1.68 bits per heavy atom. The summed E-state index contributed by atoms with van der Waals surface area (Å²) < 4.78 is 0.919. The highest BCUT2D eigenvalue weighted by molar-refractivity contribution is 9.10. The van der Waals surface area contributed by atoms with E-state index in [1.54, 1.807) is 5.38 Å². The second-order valence-electron chi connectivity index (χ2n) is 5.65. The first-order valence-electron chi connectivity index (χ1n) is 7.72. The third-order valence-corrected chi connectivity index (χ3v) is 5.16. The first-order chi connectivity index (χ1) is 13.3. The number of nitro benzene ring substituents is 2. The summed E-state index contributed by atoms with van der Waals surface area (Å²) >= 11 is 4.52. The molecule has 3 rings (SSSR count). The van der Waals surface area contributed by atoms with Crippen LogP contribution >= 0.6 is 27.3 Å². The fourth-order valence-corrected chi connectivity index (χ4v) is 3.43. The molecule has 0 fully saturated rings. The predicted octanol–water partition coefficient (Wildman–Crippen LogP) is 4.95. The lowest BCUT2D eigenvalue weighted by Crippen LogP contribution is -2.13. The Hall–Kier alpha value is -3.18. The number of hydrogen-bond donors (Lipinski definition) is 1. The summed E-state index contributed by atoms with van der Waals surface area (Å²) in [6, 6.07) is 9.46. The zero-order valence-corrected chi connectivity index (χ0v) is 16.6. The van der Waals surface area contributed by atoms with Gasteiger partial charge in [0.15, 0.2) is 5.13 Å². The number of nitro groups is 2. The van der Waals surface area contributed by atoms with E-state index in [2.05, 4.69) is 26.2 Å². The van der Waals surface area contributed by atoms with Gasteiger partial charge in [0.25, 0.3) is 17.3 Å². The third-order valence-electron chi connectivity index (χ3n) is 3.87. The zero-order valence-electron chi connectivity index (χ0n) is 14.2. The van der Waals surface area contributed by atoms with Gasteiger partial charge in [-0.2, -0.15) is 0 Å². The van der Waals surface area contributed by atoms with Crippen LogP contribution in [0.3, 0.4) is 0 Å². The fraction of sp³-hybridized carbons (Fsp3) is 0.0588. The molecule has 1 N–H and O–H groups in total.